The number of alkyl halides is 4. The fourth-order valence-corrected chi connectivity index (χ4v) is 3.93. The third-order valence-electron chi connectivity index (χ3n) is 5.12. The third kappa shape index (κ3) is 3.16. The average molecular weight is 412 g/mol. The van der Waals surface area contributed by atoms with Crippen LogP contribution in [-0.2, 0) is 6.42 Å². The Kier molecular flexibility index (Phi) is 3.95. The van der Waals surface area contributed by atoms with Gasteiger partial charge in [0, 0.05) is 18.4 Å². The molecule has 1 aromatic carbocycles. The van der Waals surface area contributed by atoms with Gasteiger partial charge in [-0.3, -0.25) is 4.90 Å². The number of nitrogens with two attached hydrogens (primary N) is 1. The Morgan fingerprint density at radius 1 is 1.24 bits per heavy atom. The minimum Gasteiger partial charge on any atom is -0.395 e. The molecule has 2 aliphatic rings. The third-order valence-corrected chi connectivity index (χ3v) is 5.12. The molecule has 5 rings (SSSR count). The summed E-state index contributed by atoms with van der Waals surface area (Å²) in [7, 11) is 0. The second-order valence-corrected chi connectivity index (χ2v) is 7.20. The smallest absolute Gasteiger partial charge is 0.395 e. The molecule has 1 fully saturated rings. The van der Waals surface area contributed by atoms with Gasteiger partial charge in [0.25, 0.3) is 6.43 Å². The van der Waals surface area contributed by atoms with Crippen molar-refractivity contribution >= 4 is 22.5 Å². The van der Waals surface area contributed by atoms with E-state index in [2.05, 4.69) is 24.5 Å². The van der Waals surface area contributed by atoms with E-state index in [9.17, 15) is 17.6 Å². The lowest BCUT2D eigenvalue weighted by molar-refractivity contribution is -0.286. The molecule has 12 heteroatoms. The van der Waals surface area contributed by atoms with E-state index < -0.39 is 12.7 Å². The molecule has 0 bridgehead atoms. The maximum atomic E-state index is 13.4. The number of nitrogens with zero attached hydrogens (tertiary/aromatic N) is 5. The van der Waals surface area contributed by atoms with E-state index in [1.807, 2.05) is 0 Å². The minimum atomic E-state index is -3.77. The van der Waals surface area contributed by atoms with Crippen molar-refractivity contribution in [1.82, 2.24) is 24.5 Å². The van der Waals surface area contributed by atoms with Gasteiger partial charge in [0.15, 0.2) is 23.0 Å². The Morgan fingerprint density at radius 2 is 2.07 bits per heavy atom. The van der Waals surface area contributed by atoms with Crippen molar-refractivity contribution < 1.29 is 27.0 Å². The molecule has 1 atom stereocenters. The number of nitrogen functional groups attached to an aromatic ring is 1. The van der Waals surface area contributed by atoms with Crippen molar-refractivity contribution in [1.29, 1.82) is 0 Å². The van der Waals surface area contributed by atoms with E-state index in [1.165, 1.54) is 10.6 Å². The summed E-state index contributed by atoms with van der Waals surface area (Å²) in [6, 6.07) is 2.89. The number of rotatable bonds is 4. The highest BCUT2D eigenvalue weighted by atomic mass is 19.3. The first-order valence-electron chi connectivity index (χ1n) is 9.03. The van der Waals surface area contributed by atoms with Gasteiger partial charge in [-0.2, -0.15) is 4.52 Å². The number of likely N-dealkylation sites (tertiary alicyclic amines) is 1. The Bertz CT molecular complexity index is 1100. The fourth-order valence-electron chi connectivity index (χ4n) is 3.93. The van der Waals surface area contributed by atoms with Crippen LogP contribution in [0.5, 0.6) is 11.5 Å². The lowest BCUT2D eigenvalue weighted by Gasteiger charge is -2.14. The predicted molar refractivity (Wildman–Crippen MR) is 93.2 cm³/mol. The van der Waals surface area contributed by atoms with Gasteiger partial charge < -0.3 is 15.2 Å². The highest BCUT2D eigenvalue weighted by molar-refractivity contribution is 5.97. The van der Waals surface area contributed by atoms with Crippen LogP contribution in [0.25, 0.3) is 16.6 Å². The zero-order chi connectivity index (χ0) is 20.3. The molecule has 4 heterocycles. The van der Waals surface area contributed by atoms with Crippen LogP contribution in [0.4, 0.5) is 23.5 Å². The van der Waals surface area contributed by atoms with Gasteiger partial charge in [0.1, 0.15) is 5.52 Å². The Labute approximate surface area is 161 Å². The van der Waals surface area contributed by atoms with Gasteiger partial charge in [0.2, 0.25) is 5.95 Å². The van der Waals surface area contributed by atoms with E-state index in [1.54, 1.807) is 11.0 Å². The number of ether oxygens (including phenoxy) is 2. The van der Waals surface area contributed by atoms with Crippen molar-refractivity contribution in [2.45, 2.75) is 25.6 Å². The Hall–Kier alpha value is -2.89. The molecule has 0 amide bonds. The molecular weight excluding hydrogens is 396 g/mol. The maximum absolute atomic E-state index is 13.4. The summed E-state index contributed by atoms with van der Waals surface area (Å²) >= 11 is 0. The van der Waals surface area contributed by atoms with Crippen LogP contribution in [0.1, 0.15) is 12.2 Å². The number of aromatic nitrogens is 4. The van der Waals surface area contributed by atoms with Crippen LogP contribution in [0.3, 0.4) is 0 Å². The van der Waals surface area contributed by atoms with Gasteiger partial charge in [-0.05, 0) is 31.0 Å². The second kappa shape index (κ2) is 6.31. The molecule has 1 saturated heterocycles. The van der Waals surface area contributed by atoms with Crippen LogP contribution in [0.2, 0.25) is 0 Å². The van der Waals surface area contributed by atoms with E-state index in [0.29, 0.717) is 36.4 Å². The van der Waals surface area contributed by atoms with E-state index in [4.69, 9.17) is 5.73 Å². The lowest BCUT2D eigenvalue weighted by Crippen LogP contribution is -2.26. The van der Waals surface area contributed by atoms with Crippen LogP contribution in [0.15, 0.2) is 12.1 Å². The van der Waals surface area contributed by atoms with Crippen molar-refractivity contribution in [3.8, 4) is 11.5 Å². The maximum Gasteiger partial charge on any atom is 0.586 e. The molecular formula is C17H16F4N6O2. The molecule has 8 nitrogen and oxygen atoms in total. The molecule has 0 radical (unpaired) electrons. The normalized spacial score (nSPS) is 21.1. The SMILES string of the molecule is Nc1nc2c3c(ccc2c2nc(CC4CCN(CC(F)F)C4)nn12)OC(F)(F)O3. The van der Waals surface area contributed by atoms with Crippen LogP contribution >= 0.6 is 0 Å². The first-order chi connectivity index (χ1) is 13.8. The molecule has 2 aliphatic heterocycles. The number of benzene rings is 1. The standard InChI is InChI=1S/C17H16F4N6O2/c18-11(19)7-26-4-3-8(6-26)5-12-23-15-9-1-2-10-14(29-17(20,21)28-10)13(9)24-16(22)27(15)25-12/h1-2,8,11H,3-7H2,(H2,22,24). The number of halogens is 4. The summed E-state index contributed by atoms with van der Waals surface area (Å²) in [6.07, 6.45) is -4.88. The Morgan fingerprint density at radius 3 is 2.86 bits per heavy atom. The van der Waals surface area contributed by atoms with Gasteiger partial charge in [-0.1, -0.05) is 0 Å². The minimum absolute atomic E-state index is 0.0378. The van der Waals surface area contributed by atoms with E-state index >= 15 is 0 Å². The van der Waals surface area contributed by atoms with E-state index in [0.717, 1.165) is 6.42 Å². The van der Waals surface area contributed by atoms with Crippen molar-refractivity contribution in [3.63, 3.8) is 0 Å². The van der Waals surface area contributed by atoms with Crippen LogP contribution in [-0.4, -0.2) is 56.8 Å². The molecule has 0 aliphatic carbocycles. The highest BCUT2D eigenvalue weighted by Crippen LogP contribution is 2.45. The molecule has 29 heavy (non-hydrogen) atoms. The average Bonchev–Trinajstić information content (AvgIpc) is 3.31. The van der Waals surface area contributed by atoms with Gasteiger partial charge in [-0.25, -0.2) is 18.7 Å². The lowest BCUT2D eigenvalue weighted by atomic mass is 10.1. The molecule has 1 unspecified atom stereocenters. The summed E-state index contributed by atoms with van der Waals surface area (Å²) in [6.45, 7) is 0.906. The molecule has 3 aromatic rings. The summed E-state index contributed by atoms with van der Waals surface area (Å²) in [5.41, 5.74) is 6.41. The van der Waals surface area contributed by atoms with Gasteiger partial charge in [-0.15, -0.1) is 13.9 Å². The van der Waals surface area contributed by atoms with Crippen molar-refractivity contribution in [2.24, 2.45) is 5.92 Å². The quantitative estimate of drug-likeness (QED) is 0.658. The first-order valence-corrected chi connectivity index (χ1v) is 9.03. The van der Waals surface area contributed by atoms with Crippen LogP contribution in [0, 0.1) is 5.92 Å². The molecule has 154 valence electrons. The van der Waals surface area contributed by atoms with Crippen molar-refractivity contribution in [3.05, 3.63) is 18.0 Å². The number of fused-ring (bicyclic) bond motifs is 5. The van der Waals surface area contributed by atoms with Gasteiger partial charge in [0.05, 0.1) is 6.54 Å². The monoisotopic (exact) mass is 412 g/mol. The number of hydrogen-bond acceptors (Lipinski definition) is 7. The summed E-state index contributed by atoms with van der Waals surface area (Å²) in [5, 5.41) is 4.80. The molecule has 2 aromatic heterocycles. The largest absolute Gasteiger partial charge is 0.586 e. The second-order valence-electron chi connectivity index (χ2n) is 7.20. The Balaban J connectivity index is 1.48. The predicted octanol–water partition coefficient (Wildman–Crippen LogP) is 2.31. The van der Waals surface area contributed by atoms with Gasteiger partial charge >= 0.3 is 6.29 Å². The summed E-state index contributed by atoms with van der Waals surface area (Å²) < 4.78 is 62.3. The number of hydrogen-bond donors (Lipinski definition) is 1. The molecule has 0 saturated carbocycles. The summed E-state index contributed by atoms with van der Waals surface area (Å²) in [5.74, 6) is 0.252. The summed E-state index contributed by atoms with van der Waals surface area (Å²) in [4.78, 5) is 10.4. The zero-order valence-corrected chi connectivity index (χ0v) is 15.0. The molecule has 2 N–H and O–H groups in total. The van der Waals surface area contributed by atoms with E-state index in [-0.39, 0.29) is 35.4 Å². The number of anilines is 1. The van der Waals surface area contributed by atoms with Crippen molar-refractivity contribution in [2.75, 3.05) is 25.4 Å². The topological polar surface area (TPSA) is 90.8 Å². The fraction of sp³-hybridized carbons (Fsp3) is 0.471. The first kappa shape index (κ1) is 18.2. The molecule has 0 spiro atoms. The highest BCUT2D eigenvalue weighted by Gasteiger charge is 2.45. The zero-order valence-electron chi connectivity index (χ0n) is 15.0. The van der Waals surface area contributed by atoms with Crippen LogP contribution < -0.4 is 15.2 Å².